The minimum Gasteiger partial charge on any atom is -0.309 e. The predicted octanol–water partition coefficient (Wildman–Crippen LogP) is 14.3. The molecule has 0 spiro atoms. The van der Waals surface area contributed by atoms with E-state index in [1.165, 1.54) is 42.6 Å². The van der Waals surface area contributed by atoms with Gasteiger partial charge in [0.05, 0.1) is 11.0 Å². The van der Waals surface area contributed by atoms with Crippen LogP contribution >= 0.6 is 0 Å². The van der Waals surface area contributed by atoms with Crippen LogP contribution < -0.4 is 20.7 Å². The molecule has 0 radical (unpaired) electrons. The van der Waals surface area contributed by atoms with Gasteiger partial charge >= 0.3 is 0 Å². The Morgan fingerprint density at radius 2 is 0.622 bits per heavy atom. The smallest absolute Gasteiger partial charge is 0.179 e. The molecule has 0 atom stereocenters. The Kier molecular flexibility index (Phi) is 11.5. The Morgan fingerprint density at radius 1 is 0.243 bits per heavy atom. The standard InChI is InChI=1S/C69H48N4Si/c1-8-23-49(24-9-1)53-39-42-61-62-43-40-54(50-25-10-2-11-26-50)47-66(62)73(65(61)46-53)56-41-44-63(69-71-67(51-27-12-3-13-28-51)70-68(72-69)52-29-14-4-15-30-52)64(48-56)55-31-22-38-60(45-55)74(57-32-16-5-17-33-57,58-34-18-6-19-35-58)59-36-20-7-21-37-59/h1-48H. The van der Waals surface area contributed by atoms with Crippen LogP contribution in [0.5, 0.6) is 0 Å². The Bertz CT molecular complexity index is 3840. The van der Waals surface area contributed by atoms with Crippen molar-refractivity contribution in [1.82, 2.24) is 19.5 Å². The van der Waals surface area contributed by atoms with Crippen LogP contribution in [0, 0.1) is 0 Å². The molecular weight excluding hydrogens is 913 g/mol. The normalized spacial score (nSPS) is 11.5. The van der Waals surface area contributed by atoms with Crippen molar-refractivity contribution in [3.63, 3.8) is 0 Å². The molecule has 0 aliphatic heterocycles. The fourth-order valence-corrected chi connectivity index (χ4v) is 15.7. The van der Waals surface area contributed by atoms with Crippen LogP contribution in [0.25, 0.3) is 95.0 Å². The molecule has 74 heavy (non-hydrogen) atoms. The van der Waals surface area contributed by atoms with E-state index in [0.29, 0.717) is 17.5 Å². The lowest BCUT2D eigenvalue weighted by molar-refractivity contribution is 1.07. The van der Waals surface area contributed by atoms with Crippen molar-refractivity contribution < 1.29 is 0 Å². The van der Waals surface area contributed by atoms with Gasteiger partial charge in [-0.2, -0.15) is 0 Å². The molecule has 2 aromatic heterocycles. The third-order valence-corrected chi connectivity index (χ3v) is 19.2. The summed E-state index contributed by atoms with van der Waals surface area (Å²) >= 11 is 0. The van der Waals surface area contributed by atoms with E-state index in [4.69, 9.17) is 15.0 Å². The van der Waals surface area contributed by atoms with Crippen LogP contribution in [0.3, 0.4) is 0 Å². The van der Waals surface area contributed by atoms with Gasteiger partial charge in [0.1, 0.15) is 0 Å². The van der Waals surface area contributed by atoms with E-state index in [1.807, 2.05) is 36.4 Å². The van der Waals surface area contributed by atoms with Crippen molar-refractivity contribution in [3.8, 4) is 73.2 Å². The van der Waals surface area contributed by atoms with Crippen LogP contribution in [0.2, 0.25) is 0 Å². The van der Waals surface area contributed by atoms with E-state index in [1.54, 1.807) is 0 Å². The van der Waals surface area contributed by atoms with Crippen molar-refractivity contribution in [2.75, 3.05) is 0 Å². The lowest BCUT2D eigenvalue weighted by Crippen LogP contribution is -2.74. The minimum absolute atomic E-state index is 0.599. The van der Waals surface area contributed by atoms with Gasteiger partial charge in [0.2, 0.25) is 0 Å². The summed E-state index contributed by atoms with van der Waals surface area (Å²) in [5.74, 6) is 1.83. The molecule has 0 amide bonds. The molecule has 0 aliphatic carbocycles. The number of benzene rings is 11. The number of fused-ring (bicyclic) bond motifs is 3. The molecule has 13 aromatic rings. The molecule has 5 heteroatoms. The first-order chi connectivity index (χ1) is 36.7. The zero-order chi connectivity index (χ0) is 49.3. The van der Waals surface area contributed by atoms with Crippen molar-refractivity contribution >= 4 is 50.6 Å². The summed E-state index contributed by atoms with van der Waals surface area (Å²) in [5.41, 5.74) is 12.8. The summed E-state index contributed by atoms with van der Waals surface area (Å²) in [6.07, 6.45) is 0. The number of hydrogen-bond donors (Lipinski definition) is 0. The lowest BCUT2D eigenvalue weighted by Gasteiger charge is -2.34. The Balaban J connectivity index is 1.11. The van der Waals surface area contributed by atoms with Gasteiger partial charge in [-0.1, -0.05) is 261 Å². The van der Waals surface area contributed by atoms with E-state index < -0.39 is 8.07 Å². The van der Waals surface area contributed by atoms with Gasteiger partial charge in [-0.15, -0.1) is 0 Å². The van der Waals surface area contributed by atoms with Crippen molar-refractivity contribution in [1.29, 1.82) is 0 Å². The Labute approximate surface area is 432 Å². The lowest BCUT2D eigenvalue weighted by atomic mass is 9.97. The number of hydrogen-bond acceptors (Lipinski definition) is 3. The van der Waals surface area contributed by atoms with Gasteiger partial charge in [0, 0.05) is 33.2 Å². The van der Waals surface area contributed by atoms with Gasteiger partial charge in [0.15, 0.2) is 25.5 Å². The molecule has 0 saturated heterocycles. The first-order valence-electron chi connectivity index (χ1n) is 25.2. The number of aromatic nitrogens is 4. The SMILES string of the molecule is c1ccc(-c2ccc3c4ccc(-c5ccccc5)cc4n(-c4ccc(-c5nc(-c6ccccc6)nc(-c6ccccc6)n5)c(-c5cccc([Si](c6ccccc6)(c6ccccc6)c6ccccc6)c5)c4)c3c2)cc1. The molecule has 4 nitrogen and oxygen atoms in total. The molecule has 11 aromatic carbocycles. The second-order valence-corrected chi connectivity index (χ2v) is 22.5. The third-order valence-electron chi connectivity index (χ3n) is 14.4. The second kappa shape index (κ2) is 19.2. The minimum atomic E-state index is -2.93. The molecule has 2 heterocycles. The highest BCUT2D eigenvalue weighted by Crippen LogP contribution is 2.40. The molecule has 0 bridgehead atoms. The summed E-state index contributed by atoms with van der Waals surface area (Å²) in [7, 11) is -2.93. The number of rotatable bonds is 11. The van der Waals surface area contributed by atoms with Crippen molar-refractivity contribution in [3.05, 3.63) is 291 Å². The highest BCUT2D eigenvalue weighted by atomic mass is 28.3. The highest BCUT2D eigenvalue weighted by Gasteiger charge is 2.41. The van der Waals surface area contributed by atoms with Gasteiger partial charge in [-0.25, -0.2) is 15.0 Å². The molecule has 13 rings (SSSR count). The molecule has 0 saturated carbocycles. The summed E-state index contributed by atoms with van der Waals surface area (Å²) in [6, 6.07) is 105. The fourth-order valence-electron chi connectivity index (χ4n) is 10.9. The van der Waals surface area contributed by atoms with Gasteiger partial charge < -0.3 is 4.57 Å². The summed E-state index contributed by atoms with van der Waals surface area (Å²) in [6.45, 7) is 0. The number of nitrogens with zero attached hydrogens (tertiary/aromatic N) is 4. The molecule has 348 valence electrons. The first kappa shape index (κ1) is 44.4. The van der Waals surface area contributed by atoms with Crippen LogP contribution in [0.4, 0.5) is 0 Å². The summed E-state index contributed by atoms with van der Waals surface area (Å²) in [4.78, 5) is 15.8. The maximum Gasteiger partial charge on any atom is 0.179 e. The van der Waals surface area contributed by atoms with E-state index in [9.17, 15) is 0 Å². The molecular formula is C69H48N4Si. The maximum atomic E-state index is 5.36. The van der Waals surface area contributed by atoms with Crippen molar-refractivity contribution in [2.24, 2.45) is 0 Å². The van der Waals surface area contributed by atoms with Gasteiger partial charge in [0.25, 0.3) is 0 Å². The fraction of sp³-hybridized carbons (Fsp3) is 0. The summed E-state index contributed by atoms with van der Waals surface area (Å²) in [5, 5.41) is 7.60. The Morgan fingerprint density at radius 3 is 1.07 bits per heavy atom. The molecule has 0 N–H and O–H groups in total. The molecule has 0 fully saturated rings. The van der Waals surface area contributed by atoms with Crippen LogP contribution in [0.1, 0.15) is 0 Å². The average molecular weight is 961 g/mol. The zero-order valence-electron chi connectivity index (χ0n) is 40.5. The van der Waals surface area contributed by atoms with E-state index >= 15 is 0 Å². The van der Waals surface area contributed by atoms with E-state index in [2.05, 4.69) is 259 Å². The van der Waals surface area contributed by atoms with Gasteiger partial charge in [-0.05, 0) is 84.5 Å². The van der Waals surface area contributed by atoms with Crippen LogP contribution in [0.15, 0.2) is 291 Å². The quantitative estimate of drug-likeness (QED) is 0.0958. The average Bonchev–Trinajstić information content (AvgIpc) is 3.82. The van der Waals surface area contributed by atoms with E-state index in [0.717, 1.165) is 55.7 Å². The summed E-state index contributed by atoms with van der Waals surface area (Å²) < 4.78 is 2.45. The first-order valence-corrected chi connectivity index (χ1v) is 27.2. The largest absolute Gasteiger partial charge is 0.309 e. The Hall–Kier alpha value is -9.55. The topological polar surface area (TPSA) is 43.6 Å². The third kappa shape index (κ3) is 8.02. The van der Waals surface area contributed by atoms with Crippen molar-refractivity contribution in [2.45, 2.75) is 0 Å². The predicted molar refractivity (Wildman–Crippen MR) is 310 cm³/mol. The molecule has 0 aliphatic rings. The zero-order valence-corrected chi connectivity index (χ0v) is 41.5. The monoisotopic (exact) mass is 960 g/mol. The second-order valence-electron chi connectivity index (χ2n) is 18.7. The van der Waals surface area contributed by atoms with Gasteiger partial charge in [-0.3, -0.25) is 0 Å². The van der Waals surface area contributed by atoms with Crippen LogP contribution in [-0.4, -0.2) is 27.6 Å². The van der Waals surface area contributed by atoms with E-state index in [-0.39, 0.29) is 0 Å². The molecule has 0 unspecified atom stereocenters. The van der Waals surface area contributed by atoms with Crippen LogP contribution in [-0.2, 0) is 0 Å². The highest BCUT2D eigenvalue weighted by molar-refractivity contribution is 7.19. The maximum absolute atomic E-state index is 5.36.